The minimum atomic E-state index is -1.30. The van der Waals surface area contributed by atoms with Crippen LogP contribution < -0.4 is 0 Å². The maximum absolute atomic E-state index is 11.4. The molecular formula is C21H16ClN3O4. The zero-order valence-electron chi connectivity index (χ0n) is 15.6. The van der Waals surface area contributed by atoms with Gasteiger partial charge in [0.15, 0.2) is 0 Å². The van der Waals surface area contributed by atoms with Crippen LogP contribution in [-0.4, -0.2) is 31.9 Å². The van der Waals surface area contributed by atoms with Crippen molar-refractivity contribution in [2.75, 3.05) is 0 Å². The van der Waals surface area contributed by atoms with Gasteiger partial charge in [-0.1, -0.05) is 23.7 Å². The normalized spacial score (nSPS) is 10.6. The second kappa shape index (κ2) is 7.78. The van der Waals surface area contributed by atoms with E-state index in [-0.39, 0.29) is 17.7 Å². The summed E-state index contributed by atoms with van der Waals surface area (Å²) in [5.41, 5.74) is 3.75. The third-order valence-corrected chi connectivity index (χ3v) is 4.95. The van der Waals surface area contributed by atoms with E-state index in [2.05, 4.69) is 5.10 Å². The number of nitrogens with zero attached hydrogens (tertiary/aromatic N) is 3. The number of rotatable bonds is 5. The van der Waals surface area contributed by atoms with Crippen LogP contribution >= 0.6 is 11.6 Å². The smallest absolute Gasteiger partial charge is 0.336 e. The lowest BCUT2D eigenvalue weighted by molar-refractivity contribution is 0.0651. The summed E-state index contributed by atoms with van der Waals surface area (Å²) in [5, 5.41) is 32.4. The first kappa shape index (κ1) is 20.1. The number of halogens is 1. The van der Waals surface area contributed by atoms with Crippen LogP contribution in [0.15, 0.2) is 36.4 Å². The van der Waals surface area contributed by atoms with E-state index in [1.165, 1.54) is 12.1 Å². The summed E-state index contributed by atoms with van der Waals surface area (Å²) in [5.74, 6) is -2.59. The number of nitriles is 1. The van der Waals surface area contributed by atoms with E-state index in [1.807, 2.05) is 19.9 Å². The van der Waals surface area contributed by atoms with Gasteiger partial charge in [0.25, 0.3) is 0 Å². The highest BCUT2D eigenvalue weighted by Crippen LogP contribution is 2.30. The topological polar surface area (TPSA) is 116 Å². The quantitative estimate of drug-likeness (QED) is 0.654. The van der Waals surface area contributed by atoms with Gasteiger partial charge in [-0.2, -0.15) is 10.4 Å². The molecule has 0 saturated carbocycles. The lowest BCUT2D eigenvalue weighted by atomic mass is 10.0. The first-order valence-electron chi connectivity index (χ1n) is 8.56. The Morgan fingerprint density at radius 1 is 1.10 bits per heavy atom. The van der Waals surface area contributed by atoms with Crippen LogP contribution in [0.4, 0.5) is 0 Å². The second-order valence-corrected chi connectivity index (χ2v) is 6.91. The fourth-order valence-electron chi connectivity index (χ4n) is 3.26. The van der Waals surface area contributed by atoms with Crippen molar-refractivity contribution in [1.29, 1.82) is 5.26 Å². The summed E-state index contributed by atoms with van der Waals surface area (Å²) in [7, 11) is 0. The molecule has 0 amide bonds. The molecule has 0 aliphatic rings. The number of carbonyl (C=O) groups is 2. The standard InChI is InChI=1S/C21H16ClN3O4/c1-11-19(14-4-5-15(9-23)18(22)8-14)12(2)25(24-11)10-13-3-6-16(20(26)27)17(7-13)21(28)29/h3-8H,10H2,1-2H3,(H,26,27)(H,28,29). The highest BCUT2D eigenvalue weighted by molar-refractivity contribution is 6.32. The molecule has 3 rings (SSSR count). The predicted molar refractivity (Wildman–Crippen MR) is 106 cm³/mol. The fraction of sp³-hybridized carbons (Fsp3) is 0.143. The summed E-state index contributed by atoms with van der Waals surface area (Å²) in [6.45, 7) is 4.00. The average molecular weight is 410 g/mol. The Kier molecular flexibility index (Phi) is 5.39. The Hall–Kier alpha value is -3.63. The molecule has 0 bridgehead atoms. The maximum atomic E-state index is 11.4. The molecule has 0 aliphatic carbocycles. The first-order valence-corrected chi connectivity index (χ1v) is 8.94. The van der Waals surface area contributed by atoms with E-state index in [9.17, 15) is 14.7 Å². The maximum Gasteiger partial charge on any atom is 0.336 e. The van der Waals surface area contributed by atoms with E-state index in [1.54, 1.807) is 28.9 Å². The molecule has 29 heavy (non-hydrogen) atoms. The van der Waals surface area contributed by atoms with E-state index in [0.717, 1.165) is 22.5 Å². The largest absolute Gasteiger partial charge is 0.478 e. The molecule has 3 aromatic rings. The van der Waals surface area contributed by atoms with Gasteiger partial charge >= 0.3 is 11.9 Å². The molecule has 0 fully saturated rings. The number of hydrogen-bond acceptors (Lipinski definition) is 4. The third-order valence-electron chi connectivity index (χ3n) is 4.64. The monoisotopic (exact) mass is 409 g/mol. The van der Waals surface area contributed by atoms with E-state index in [0.29, 0.717) is 16.1 Å². The van der Waals surface area contributed by atoms with Crippen LogP contribution in [0.3, 0.4) is 0 Å². The Morgan fingerprint density at radius 3 is 2.38 bits per heavy atom. The van der Waals surface area contributed by atoms with Crippen molar-refractivity contribution < 1.29 is 19.8 Å². The van der Waals surface area contributed by atoms with Gasteiger partial charge < -0.3 is 10.2 Å². The van der Waals surface area contributed by atoms with Gasteiger partial charge in [0, 0.05) is 11.3 Å². The molecule has 2 N–H and O–H groups in total. The molecule has 7 nitrogen and oxygen atoms in total. The Labute approximate surface area is 171 Å². The SMILES string of the molecule is Cc1nn(Cc2ccc(C(=O)O)c(C(=O)O)c2)c(C)c1-c1ccc(C#N)c(Cl)c1. The molecule has 1 heterocycles. The van der Waals surface area contributed by atoms with Crippen molar-refractivity contribution in [3.8, 4) is 17.2 Å². The number of carboxylic acid groups (broad SMARTS) is 2. The summed E-state index contributed by atoms with van der Waals surface area (Å²) in [6, 6.07) is 11.4. The third kappa shape index (κ3) is 3.84. The van der Waals surface area contributed by atoms with Gasteiger partial charge in [0.1, 0.15) is 6.07 Å². The first-order chi connectivity index (χ1) is 13.7. The van der Waals surface area contributed by atoms with Gasteiger partial charge in [0.2, 0.25) is 0 Å². The number of benzene rings is 2. The van der Waals surface area contributed by atoms with E-state index >= 15 is 0 Å². The lowest BCUT2D eigenvalue weighted by Crippen LogP contribution is -2.10. The second-order valence-electron chi connectivity index (χ2n) is 6.50. The summed E-state index contributed by atoms with van der Waals surface area (Å²) < 4.78 is 1.72. The Morgan fingerprint density at radius 2 is 1.79 bits per heavy atom. The van der Waals surface area contributed by atoms with Crippen molar-refractivity contribution in [1.82, 2.24) is 9.78 Å². The Balaban J connectivity index is 2.01. The van der Waals surface area contributed by atoms with Crippen LogP contribution in [0.25, 0.3) is 11.1 Å². The van der Waals surface area contributed by atoms with Gasteiger partial charge in [-0.05, 0) is 49.2 Å². The molecule has 0 spiro atoms. The fourth-order valence-corrected chi connectivity index (χ4v) is 3.48. The van der Waals surface area contributed by atoms with E-state index in [4.69, 9.17) is 22.0 Å². The minimum Gasteiger partial charge on any atom is -0.478 e. The molecule has 0 saturated heterocycles. The van der Waals surface area contributed by atoms with Crippen LogP contribution in [0.1, 0.15) is 43.2 Å². The lowest BCUT2D eigenvalue weighted by Gasteiger charge is -2.09. The molecule has 0 aliphatic heterocycles. The molecule has 0 radical (unpaired) electrons. The summed E-state index contributed by atoms with van der Waals surface area (Å²) in [6.07, 6.45) is 0. The summed E-state index contributed by atoms with van der Waals surface area (Å²) in [4.78, 5) is 22.6. The van der Waals surface area contributed by atoms with Crippen molar-refractivity contribution in [3.05, 3.63) is 75.1 Å². The number of carboxylic acids is 2. The number of aromatic carboxylic acids is 2. The molecule has 1 aromatic heterocycles. The number of hydrogen-bond donors (Lipinski definition) is 2. The zero-order chi connectivity index (χ0) is 21.3. The molecule has 2 aromatic carbocycles. The molecule has 0 atom stereocenters. The van der Waals surface area contributed by atoms with Crippen LogP contribution in [0.2, 0.25) is 5.02 Å². The molecule has 0 unspecified atom stereocenters. The van der Waals surface area contributed by atoms with Crippen LogP contribution in [0, 0.1) is 25.2 Å². The molecule has 146 valence electrons. The average Bonchev–Trinajstić information content (AvgIpc) is 2.94. The minimum absolute atomic E-state index is 0.262. The molecular weight excluding hydrogens is 394 g/mol. The van der Waals surface area contributed by atoms with Gasteiger partial charge in [-0.3, -0.25) is 4.68 Å². The molecule has 8 heteroatoms. The highest BCUT2D eigenvalue weighted by atomic mass is 35.5. The van der Waals surface area contributed by atoms with Gasteiger partial charge in [-0.25, -0.2) is 9.59 Å². The highest BCUT2D eigenvalue weighted by Gasteiger charge is 2.18. The summed E-state index contributed by atoms with van der Waals surface area (Å²) >= 11 is 6.15. The van der Waals surface area contributed by atoms with Gasteiger partial charge in [0.05, 0.1) is 34.0 Å². The van der Waals surface area contributed by atoms with E-state index < -0.39 is 11.9 Å². The van der Waals surface area contributed by atoms with Gasteiger partial charge in [-0.15, -0.1) is 0 Å². The van der Waals surface area contributed by atoms with Crippen LogP contribution in [0.5, 0.6) is 0 Å². The zero-order valence-corrected chi connectivity index (χ0v) is 16.4. The Bertz CT molecular complexity index is 1190. The van der Waals surface area contributed by atoms with Crippen molar-refractivity contribution in [2.24, 2.45) is 0 Å². The van der Waals surface area contributed by atoms with Crippen LogP contribution in [-0.2, 0) is 6.54 Å². The van der Waals surface area contributed by atoms with Crippen molar-refractivity contribution >= 4 is 23.5 Å². The number of aromatic nitrogens is 2. The number of aryl methyl sites for hydroxylation is 1. The van der Waals surface area contributed by atoms with Crippen molar-refractivity contribution in [3.63, 3.8) is 0 Å². The predicted octanol–water partition coefficient (Wildman–Crippen LogP) is 4.14. The van der Waals surface area contributed by atoms with Crippen molar-refractivity contribution in [2.45, 2.75) is 20.4 Å².